The van der Waals surface area contributed by atoms with Crippen LogP contribution in [0.5, 0.6) is 0 Å². The van der Waals surface area contributed by atoms with Crippen LogP contribution >= 0.6 is 7.82 Å². The molecule has 9 atom stereocenters. The number of carbonyl (C=O) groups excluding carboxylic acids is 2. The lowest BCUT2D eigenvalue weighted by atomic mass is 9.46. The second-order valence-electron chi connectivity index (χ2n) is 14.3. The summed E-state index contributed by atoms with van der Waals surface area (Å²) in [6, 6.07) is 7.30. The number of hydrogen-bond acceptors (Lipinski definition) is 9. The van der Waals surface area contributed by atoms with Crippen molar-refractivity contribution in [3.05, 3.63) is 77.2 Å². The van der Waals surface area contributed by atoms with Crippen LogP contribution in [-0.2, 0) is 41.3 Å². The van der Waals surface area contributed by atoms with E-state index >= 15 is 0 Å². The Bertz CT molecular complexity index is 1730. The summed E-state index contributed by atoms with van der Waals surface area (Å²) in [5.74, 6) is -1.00. The van der Waals surface area contributed by atoms with Gasteiger partial charge in [0.15, 0.2) is 23.5 Å². The number of hydrogen-bond donors (Lipinski definition) is 5. The van der Waals surface area contributed by atoms with Crippen molar-refractivity contribution < 1.29 is 48.2 Å². The predicted octanol–water partition coefficient (Wildman–Crippen LogP) is 3.33. The van der Waals surface area contributed by atoms with Gasteiger partial charge in [-0.25, -0.2) is 4.57 Å². The molecule has 1 saturated heterocycles. The van der Waals surface area contributed by atoms with E-state index in [9.17, 15) is 34.2 Å². The Labute approximate surface area is 272 Å². The average molecular weight is 669 g/mol. The van der Waals surface area contributed by atoms with E-state index in [1.54, 1.807) is 18.2 Å². The first-order chi connectivity index (χ1) is 22.2. The summed E-state index contributed by atoms with van der Waals surface area (Å²) in [6.07, 6.45) is 8.40. The Morgan fingerprint density at radius 3 is 2.77 bits per heavy atom. The van der Waals surface area contributed by atoms with Gasteiger partial charge in [0.1, 0.15) is 6.61 Å². The number of ketones is 2. The number of ether oxygens (including phenoxy) is 2. The second-order valence-corrected chi connectivity index (χ2v) is 15.5. The lowest BCUT2D eigenvalue weighted by Crippen LogP contribution is -2.63. The van der Waals surface area contributed by atoms with Gasteiger partial charge in [-0.2, -0.15) is 0 Å². The zero-order valence-electron chi connectivity index (χ0n) is 26.3. The maximum atomic E-state index is 14.2. The lowest BCUT2D eigenvalue weighted by Gasteiger charge is -2.59. The van der Waals surface area contributed by atoms with Crippen LogP contribution in [0.15, 0.2) is 60.5 Å². The minimum atomic E-state index is -4.97. The van der Waals surface area contributed by atoms with E-state index in [4.69, 9.17) is 19.7 Å². The zero-order valence-corrected chi connectivity index (χ0v) is 27.2. The smallest absolute Gasteiger partial charge is 0.398 e. The summed E-state index contributed by atoms with van der Waals surface area (Å²) in [7, 11) is -4.97. The number of rotatable bonds is 8. The molecular formula is C34H41N2O10P. The maximum Gasteiger partial charge on any atom is 0.470 e. The van der Waals surface area contributed by atoms with Gasteiger partial charge in [0, 0.05) is 52.5 Å². The summed E-state index contributed by atoms with van der Waals surface area (Å²) in [6.45, 7) is 3.43. The Kier molecular flexibility index (Phi) is 7.85. The third kappa shape index (κ3) is 5.12. The first-order valence-corrected chi connectivity index (χ1v) is 17.5. The SMILES string of the molecule is C[C@]12C=CC(=O)C=C1CC[C@@H]1[C@@H]2[C@@H](O)C[C@@]2(C)[C@H]1C[C@H]1O[C@@H](c3ccn(Cc4ccc(N)c(CO)c4)c3)O[C@]12C(=O)COP(=O)(O)O. The van der Waals surface area contributed by atoms with Crippen LogP contribution in [0.2, 0.25) is 0 Å². The van der Waals surface area contributed by atoms with Crippen molar-refractivity contribution >= 4 is 25.1 Å². The number of allylic oxidation sites excluding steroid dienone is 4. The number of anilines is 1. The second kappa shape index (κ2) is 11.3. The molecule has 0 bridgehead atoms. The molecule has 2 aromatic rings. The van der Waals surface area contributed by atoms with Crippen LogP contribution in [0.25, 0.3) is 0 Å². The zero-order chi connectivity index (χ0) is 33.5. The minimum Gasteiger partial charge on any atom is -0.398 e. The molecule has 13 heteroatoms. The molecule has 3 saturated carbocycles. The van der Waals surface area contributed by atoms with E-state index in [-0.39, 0.29) is 36.6 Å². The van der Waals surface area contributed by atoms with Crippen LogP contribution in [0.4, 0.5) is 5.69 Å². The van der Waals surface area contributed by atoms with E-state index in [0.29, 0.717) is 36.2 Å². The largest absolute Gasteiger partial charge is 0.470 e. The quantitative estimate of drug-likeness (QED) is 0.205. The first-order valence-electron chi connectivity index (χ1n) is 16.0. The third-order valence-electron chi connectivity index (χ3n) is 11.8. The molecule has 7 rings (SSSR count). The molecule has 2 heterocycles. The lowest BCUT2D eigenvalue weighted by molar-refractivity contribution is -0.200. The number of phosphoric ester groups is 1. The van der Waals surface area contributed by atoms with Gasteiger partial charge in [-0.1, -0.05) is 31.6 Å². The topological polar surface area (TPSA) is 191 Å². The number of Topliss-reactive ketones (excluding diaryl/α,β-unsaturated/α-hetero) is 1. The van der Waals surface area contributed by atoms with Crippen LogP contribution in [0.3, 0.4) is 0 Å². The number of aliphatic hydroxyl groups excluding tert-OH is 2. The standard InChI is InChI=1S/C34H41N2O10P/c1-32-9-7-23(38)12-22(32)4-5-24-25-13-29-34(28(40)18-44-47(41,42)43,33(25,2)14-27(39)30(24)32)46-31(45-29)20-8-10-36(16-20)15-19-3-6-26(35)21(11-19)17-37/h3,6-12,16,24-25,27,29-31,37,39H,4-5,13-15,17-18,35H2,1-2H3,(H2,41,42,43)/t24-,25-,27-,29+,30+,31+,32-,33-,34+/m0/s1. The molecule has 4 aliphatic carbocycles. The van der Waals surface area contributed by atoms with Crippen molar-refractivity contribution in [2.75, 3.05) is 12.3 Å². The van der Waals surface area contributed by atoms with Crippen LogP contribution in [0.1, 0.15) is 62.5 Å². The van der Waals surface area contributed by atoms with Crippen molar-refractivity contribution in [1.29, 1.82) is 0 Å². The number of nitrogens with two attached hydrogens (primary N) is 1. The van der Waals surface area contributed by atoms with Crippen molar-refractivity contribution in [2.24, 2.45) is 28.6 Å². The summed E-state index contributed by atoms with van der Waals surface area (Å²) in [5, 5.41) is 21.5. The molecule has 0 unspecified atom stereocenters. The first kappa shape index (κ1) is 32.6. The van der Waals surface area contributed by atoms with E-state index in [1.165, 1.54) is 0 Å². The highest BCUT2D eigenvalue weighted by Gasteiger charge is 2.76. The summed E-state index contributed by atoms with van der Waals surface area (Å²) >= 11 is 0. The molecule has 1 aromatic heterocycles. The summed E-state index contributed by atoms with van der Waals surface area (Å²) in [5.41, 5.74) is 6.59. The minimum absolute atomic E-state index is 0.0165. The molecule has 47 heavy (non-hydrogen) atoms. The van der Waals surface area contributed by atoms with Crippen molar-refractivity contribution in [3.63, 3.8) is 0 Å². The summed E-state index contributed by atoms with van der Waals surface area (Å²) in [4.78, 5) is 45.4. The Morgan fingerprint density at radius 1 is 1.23 bits per heavy atom. The molecule has 1 aromatic carbocycles. The van der Waals surface area contributed by atoms with E-state index < -0.39 is 55.1 Å². The van der Waals surface area contributed by atoms with Crippen LogP contribution < -0.4 is 5.73 Å². The van der Waals surface area contributed by atoms with Gasteiger partial charge in [0.25, 0.3) is 0 Å². The fourth-order valence-corrected chi connectivity index (χ4v) is 10.1. The highest BCUT2D eigenvalue weighted by Crippen LogP contribution is 2.70. The van der Waals surface area contributed by atoms with Crippen molar-refractivity contribution in [3.8, 4) is 0 Å². The van der Waals surface area contributed by atoms with Crippen LogP contribution in [0, 0.1) is 28.6 Å². The molecule has 252 valence electrons. The number of nitrogen functional groups attached to an aromatic ring is 1. The van der Waals surface area contributed by atoms with Gasteiger partial charge in [-0.05, 0) is 73.4 Å². The third-order valence-corrected chi connectivity index (χ3v) is 12.3. The van der Waals surface area contributed by atoms with Gasteiger partial charge in [-0.15, -0.1) is 0 Å². The molecule has 6 N–H and O–H groups in total. The van der Waals surface area contributed by atoms with Crippen LogP contribution in [-0.4, -0.2) is 60.5 Å². The Hall–Kier alpha value is -2.93. The normalized spacial score (nSPS) is 37.6. The molecule has 1 aliphatic heterocycles. The molecule has 0 radical (unpaired) electrons. The highest BCUT2D eigenvalue weighted by molar-refractivity contribution is 7.46. The number of aromatic nitrogens is 1. The number of carbonyl (C=O) groups is 2. The molecule has 5 aliphatic rings. The molecule has 0 spiro atoms. The molecular weight excluding hydrogens is 627 g/mol. The van der Waals surface area contributed by atoms with Crippen molar-refractivity contribution in [2.45, 2.75) is 76.8 Å². The number of benzene rings is 1. The fourth-order valence-electron chi connectivity index (χ4n) is 9.77. The number of aliphatic hydroxyl groups is 2. The van der Waals surface area contributed by atoms with Gasteiger partial charge in [0.05, 0.1) is 18.8 Å². The predicted molar refractivity (Wildman–Crippen MR) is 168 cm³/mol. The Balaban J connectivity index is 1.20. The van der Waals surface area contributed by atoms with Gasteiger partial charge >= 0.3 is 7.82 Å². The molecule has 0 amide bonds. The van der Waals surface area contributed by atoms with E-state index in [1.807, 2.05) is 48.2 Å². The number of fused-ring (bicyclic) bond motifs is 7. The number of phosphoric acid groups is 1. The van der Waals surface area contributed by atoms with Gasteiger partial charge in [0.2, 0.25) is 0 Å². The average Bonchev–Trinajstić information content (AvgIpc) is 3.69. The Morgan fingerprint density at radius 2 is 2.02 bits per heavy atom. The maximum absolute atomic E-state index is 14.2. The highest BCUT2D eigenvalue weighted by atomic mass is 31.2. The molecule has 12 nitrogen and oxygen atoms in total. The van der Waals surface area contributed by atoms with Gasteiger partial charge < -0.3 is 39.8 Å². The van der Waals surface area contributed by atoms with Gasteiger partial charge in [-0.3, -0.25) is 14.1 Å². The molecule has 4 fully saturated rings. The number of nitrogens with zero attached hydrogens (tertiary/aromatic N) is 1. The fraction of sp³-hybridized carbons (Fsp3) is 0.529. The van der Waals surface area contributed by atoms with Crippen molar-refractivity contribution in [1.82, 2.24) is 4.57 Å². The van der Waals surface area contributed by atoms with E-state index in [2.05, 4.69) is 6.92 Å². The monoisotopic (exact) mass is 668 g/mol. The van der Waals surface area contributed by atoms with E-state index in [0.717, 1.165) is 17.6 Å². The summed E-state index contributed by atoms with van der Waals surface area (Å²) < 4.78 is 31.6.